The Labute approximate surface area is 127 Å². The van der Waals surface area contributed by atoms with Gasteiger partial charge in [-0.25, -0.2) is 0 Å². The van der Waals surface area contributed by atoms with Crippen LogP contribution in [0.4, 0.5) is 5.69 Å². The second-order valence-corrected chi connectivity index (χ2v) is 6.55. The molecular formula is C17H26N2O2. The average molecular weight is 290 g/mol. The minimum Gasteiger partial charge on any atom is -0.310 e. The van der Waals surface area contributed by atoms with E-state index in [1.165, 1.54) is 25.7 Å². The van der Waals surface area contributed by atoms with Crippen LogP contribution in [0.25, 0.3) is 0 Å². The van der Waals surface area contributed by atoms with Gasteiger partial charge in [0.25, 0.3) is 5.69 Å². The fourth-order valence-corrected chi connectivity index (χ4v) is 3.30. The van der Waals surface area contributed by atoms with Gasteiger partial charge in [0.1, 0.15) is 0 Å². The monoisotopic (exact) mass is 290 g/mol. The SMILES string of the molecule is Cc1c(CNC2CCC(C(C)C)CC2)cccc1[N+](=O)[O-]. The minimum absolute atomic E-state index is 0.220. The molecule has 0 bridgehead atoms. The lowest BCUT2D eigenvalue weighted by Gasteiger charge is -2.31. The molecule has 1 aliphatic carbocycles. The van der Waals surface area contributed by atoms with Crippen LogP contribution in [0.3, 0.4) is 0 Å². The van der Waals surface area contributed by atoms with E-state index in [0.717, 1.165) is 29.5 Å². The van der Waals surface area contributed by atoms with E-state index in [4.69, 9.17) is 0 Å². The predicted octanol–water partition coefficient (Wildman–Crippen LogP) is 4.21. The number of nitrogens with zero attached hydrogens (tertiary/aromatic N) is 1. The number of hydrogen-bond donors (Lipinski definition) is 1. The van der Waals surface area contributed by atoms with Gasteiger partial charge >= 0.3 is 0 Å². The molecule has 0 saturated heterocycles. The zero-order valence-electron chi connectivity index (χ0n) is 13.3. The zero-order valence-corrected chi connectivity index (χ0v) is 13.3. The van der Waals surface area contributed by atoms with Crippen molar-refractivity contribution in [1.82, 2.24) is 5.32 Å². The fourth-order valence-electron chi connectivity index (χ4n) is 3.30. The molecule has 116 valence electrons. The maximum Gasteiger partial charge on any atom is 0.272 e. The van der Waals surface area contributed by atoms with Gasteiger partial charge in [0.2, 0.25) is 0 Å². The molecule has 2 rings (SSSR count). The quantitative estimate of drug-likeness (QED) is 0.653. The van der Waals surface area contributed by atoms with Crippen molar-refractivity contribution in [2.45, 2.75) is 59.0 Å². The van der Waals surface area contributed by atoms with Crippen molar-refractivity contribution in [3.8, 4) is 0 Å². The van der Waals surface area contributed by atoms with E-state index in [0.29, 0.717) is 6.04 Å². The molecule has 1 aromatic rings. The number of hydrogen-bond acceptors (Lipinski definition) is 3. The first-order chi connectivity index (χ1) is 9.99. The maximum atomic E-state index is 11.0. The molecule has 0 heterocycles. The molecule has 0 spiro atoms. The van der Waals surface area contributed by atoms with Crippen LogP contribution in [0.15, 0.2) is 18.2 Å². The Hall–Kier alpha value is -1.42. The fraction of sp³-hybridized carbons (Fsp3) is 0.647. The Balaban J connectivity index is 1.90. The van der Waals surface area contributed by atoms with Crippen LogP contribution in [-0.2, 0) is 6.54 Å². The van der Waals surface area contributed by atoms with Crippen LogP contribution < -0.4 is 5.32 Å². The van der Waals surface area contributed by atoms with Crippen molar-refractivity contribution in [1.29, 1.82) is 0 Å². The molecule has 1 N–H and O–H groups in total. The normalized spacial score (nSPS) is 22.5. The first-order valence-corrected chi connectivity index (χ1v) is 7.95. The molecule has 0 radical (unpaired) electrons. The van der Waals surface area contributed by atoms with E-state index in [2.05, 4.69) is 19.2 Å². The standard InChI is InChI=1S/C17H26N2O2/c1-12(2)14-7-9-16(10-8-14)18-11-15-5-4-6-17(13(15)3)19(20)21/h4-6,12,14,16,18H,7-11H2,1-3H3. The van der Waals surface area contributed by atoms with Gasteiger partial charge < -0.3 is 5.32 Å². The highest BCUT2D eigenvalue weighted by atomic mass is 16.6. The summed E-state index contributed by atoms with van der Waals surface area (Å²) in [6.45, 7) is 7.19. The van der Waals surface area contributed by atoms with Gasteiger partial charge in [0.15, 0.2) is 0 Å². The van der Waals surface area contributed by atoms with E-state index >= 15 is 0 Å². The van der Waals surface area contributed by atoms with Gasteiger partial charge in [0, 0.05) is 24.2 Å². The molecule has 0 aliphatic heterocycles. The number of nitro groups is 1. The van der Waals surface area contributed by atoms with Crippen LogP contribution in [0.5, 0.6) is 0 Å². The lowest BCUT2D eigenvalue weighted by molar-refractivity contribution is -0.385. The van der Waals surface area contributed by atoms with Crippen LogP contribution in [0.1, 0.15) is 50.7 Å². The Morgan fingerprint density at radius 2 is 1.95 bits per heavy atom. The molecule has 1 saturated carbocycles. The van der Waals surface area contributed by atoms with Crippen molar-refractivity contribution >= 4 is 5.69 Å². The highest BCUT2D eigenvalue weighted by Gasteiger charge is 2.23. The summed E-state index contributed by atoms with van der Waals surface area (Å²) in [6.07, 6.45) is 5.03. The average Bonchev–Trinajstić information content (AvgIpc) is 2.46. The topological polar surface area (TPSA) is 55.2 Å². The van der Waals surface area contributed by atoms with Gasteiger partial charge in [-0.3, -0.25) is 10.1 Å². The van der Waals surface area contributed by atoms with Crippen molar-refractivity contribution in [3.63, 3.8) is 0 Å². The molecule has 0 atom stereocenters. The number of nitrogens with one attached hydrogen (secondary N) is 1. The van der Waals surface area contributed by atoms with Crippen LogP contribution in [-0.4, -0.2) is 11.0 Å². The highest BCUT2D eigenvalue weighted by Crippen LogP contribution is 2.30. The van der Waals surface area contributed by atoms with E-state index in [-0.39, 0.29) is 10.6 Å². The maximum absolute atomic E-state index is 11.0. The van der Waals surface area contributed by atoms with Crippen LogP contribution in [0, 0.1) is 28.9 Å². The zero-order chi connectivity index (χ0) is 15.4. The van der Waals surface area contributed by atoms with E-state index in [1.54, 1.807) is 12.1 Å². The minimum atomic E-state index is -0.299. The summed E-state index contributed by atoms with van der Waals surface area (Å²) in [6, 6.07) is 5.89. The summed E-state index contributed by atoms with van der Waals surface area (Å²) in [5, 5.41) is 14.5. The lowest BCUT2D eigenvalue weighted by atomic mass is 9.79. The largest absolute Gasteiger partial charge is 0.310 e. The molecule has 1 fully saturated rings. The molecule has 1 aliphatic rings. The van der Waals surface area contributed by atoms with E-state index in [1.807, 2.05) is 13.0 Å². The van der Waals surface area contributed by atoms with Crippen LogP contribution >= 0.6 is 0 Å². The molecule has 4 heteroatoms. The Kier molecular flexibility index (Phi) is 5.34. The smallest absolute Gasteiger partial charge is 0.272 e. The Morgan fingerprint density at radius 1 is 1.29 bits per heavy atom. The van der Waals surface area contributed by atoms with Gasteiger partial charge in [0.05, 0.1) is 4.92 Å². The van der Waals surface area contributed by atoms with Crippen molar-refractivity contribution < 1.29 is 4.92 Å². The third kappa shape index (κ3) is 4.03. The Bertz CT molecular complexity index is 492. The molecule has 1 aromatic carbocycles. The first-order valence-electron chi connectivity index (χ1n) is 7.95. The molecule has 0 unspecified atom stereocenters. The molecule has 4 nitrogen and oxygen atoms in total. The van der Waals surface area contributed by atoms with Crippen molar-refractivity contribution in [2.75, 3.05) is 0 Å². The molecule has 0 aromatic heterocycles. The third-order valence-electron chi connectivity index (χ3n) is 4.91. The van der Waals surface area contributed by atoms with Gasteiger partial charge in [-0.15, -0.1) is 0 Å². The lowest BCUT2D eigenvalue weighted by Crippen LogP contribution is -2.33. The van der Waals surface area contributed by atoms with Gasteiger partial charge in [-0.05, 0) is 50.0 Å². The highest BCUT2D eigenvalue weighted by molar-refractivity contribution is 5.44. The number of benzene rings is 1. The van der Waals surface area contributed by atoms with E-state index < -0.39 is 0 Å². The number of nitro benzene ring substituents is 1. The van der Waals surface area contributed by atoms with Gasteiger partial charge in [-0.2, -0.15) is 0 Å². The van der Waals surface area contributed by atoms with Crippen molar-refractivity contribution in [2.24, 2.45) is 11.8 Å². The Morgan fingerprint density at radius 3 is 2.52 bits per heavy atom. The summed E-state index contributed by atoms with van der Waals surface area (Å²) in [5.41, 5.74) is 2.04. The summed E-state index contributed by atoms with van der Waals surface area (Å²) < 4.78 is 0. The summed E-state index contributed by atoms with van der Waals surface area (Å²) in [7, 11) is 0. The number of rotatable bonds is 5. The van der Waals surface area contributed by atoms with Crippen molar-refractivity contribution in [3.05, 3.63) is 39.4 Å². The molecular weight excluding hydrogens is 264 g/mol. The molecule has 0 amide bonds. The third-order valence-corrected chi connectivity index (χ3v) is 4.91. The predicted molar refractivity (Wildman–Crippen MR) is 85.3 cm³/mol. The first kappa shape index (κ1) is 16.0. The van der Waals surface area contributed by atoms with Crippen LogP contribution in [0.2, 0.25) is 0 Å². The second-order valence-electron chi connectivity index (χ2n) is 6.55. The summed E-state index contributed by atoms with van der Waals surface area (Å²) >= 11 is 0. The van der Waals surface area contributed by atoms with E-state index in [9.17, 15) is 10.1 Å². The second kappa shape index (κ2) is 7.03. The van der Waals surface area contributed by atoms with Gasteiger partial charge in [-0.1, -0.05) is 26.0 Å². The summed E-state index contributed by atoms with van der Waals surface area (Å²) in [5.74, 6) is 1.65. The molecule has 21 heavy (non-hydrogen) atoms. The summed E-state index contributed by atoms with van der Waals surface area (Å²) in [4.78, 5) is 10.7.